The van der Waals surface area contributed by atoms with Crippen molar-refractivity contribution >= 4 is 11.8 Å². The van der Waals surface area contributed by atoms with Crippen LogP contribution in [-0.4, -0.2) is 24.5 Å². The first kappa shape index (κ1) is 21.3. The molecule has 3 rings (SSSR count). The van der Waals surface area contributed by atoms with E-state index in [1.165, 1.54) is 6.26 Å². The molecule has 0 fully saturated rings. The SMILES string of the molecule is CCOCc1ccc(CNC(=O)C(Cc2ccccc2)NC(=O)c2ccco2)cc1. The van der Waals surface area contributed by atoms with Crippen LogP contribution in [0.5, 0.6) is 0 Å². The largest absolute Gasteiger partial charge is 0.459 e. The van der Waals surface area contributed by atoms with Gasteiger partial charge in [0.05, 0.1) is 12.9 Å². The van der Waals surface area contributed by atoms with Gasteiger partial charge in [-0.15, -0.1) is 0 Å². The second kappa shape index (κ2) is 11.0. The second-order valence-corrected chi connectivity index (χ2v) is 6.86. The van der Waals surface area contributed by atoms with Crippen LogP contribution in [0.1, 0.15) is 34.2 Å². The molecule has 0 aliphatic carbocycles. The third-order valence-corrected chi connectivity index (χ3v) is 4.61. The zero-order valence-electron chi connectivity index (χ0n) is 17.0. The molecule has 1 unspecified atom stereocenters. The van der Waals surface area contributed by atoms with Crippen LogP contribution >= 0.6 is 0 Å². The predicted molar refractivity (Wildman–Crippen MR) is 114 cm³/mol. The first-order valence-corrected chi connectivity index (χ1v) is 9.97. The Morgan fingerprint density at radius 3 is 2.33 bits per heavy atom. The van der Waals surface area contributed by atoms with Crippen molar-refractivity contribution in [2.75, 3.05) is 6.61 Å². The molecule has 3 aromatic rings. The van der Waals surface area contributed by atoms with Gasteiger partial charge >= 0.3 is 0 Å². The number of carbonyl (C=O) groups excluding carboxylic acids is 2. The number of nitrogens with one attached hydrogen (secondary N) is 2. The van der Waals surface area contributed by atoms with Crippen molar-refractivity contribution < 1.29 is 18.7 Å². The summed E-state index contributed by atoms with van der Waals surface area (Å²) in [5, 5.41) is 5.69. The summed E-state index contributed by atoms with van der Waals surface area (Å²) < 4.78 is 10.5. The van der Waals surface area contributed by atoms with Crippen molar-refractivity contribution in [3.8, 4) is 0 Å². The molecule has 0 aliphatic heterocycles. The average molecular weight is 406 g/mol. The number of hydrogen-bond donors (Lipinski definition) is 2. The smallest absolute Gasteiger partial charge is 0.287 e. The Kier molecular flexibility index (Phi) is 7.80. The molecule has 0 bridgehead atoms. The van der Waals surface area contributed by atoms with E-state index in [1.54, 1.807) is 12.1 Å². The molecule has 0 saturated carbocycles. The van der Waals surface area contributed by atoms with Crippen molar-refractivity contribution in [1.82, 2.24) is 10.6 Å². The third kappa shape index (κ3) is 6.32. The summed E-state index contributed by atoms with van der Waals surface area (Å²) >= 11 is 0. The van der Waals surface area contributed by atoms with Gasteiger partial charge in [0.2, 0.25) is 5.91 Å². The number of ether oxygens (including phenoxy) is 1. The number of furan rings is 1. The van der Waals surface area contributed by atoms with Crippen molar-refractivity contribution in [2.45, 2.75) is 32.5 Å². The highest BCUT2D eigenvalue weighted by molar-refractivity contribution is 5.95. The van der Waals surface area contributed by atoms with E-state index in [4.69, 9.17) is 9.15 Å². The van der Waals surface area contributed by atoms with Gasteiger partial charge in [0.15, 0.2) is 5.76 Å². The van der Waals surface area contributed by atoms with Gasteiger partial charge in [-0.25, -0.2) is 0 Å². The van der Waals surface area contributed by atoms with Gasteiger partial charge in [0.25, 0.3) is 5.91 Å². The standard InChI is InChI=1S/C24H26N2O4/c1-2-29-17-20-12-10-19(11-13-20)16-25-23(27)21(15-18-7-4-3-5-8-18)26-24(28)22-9-6-14-30-22/h3-14,21H,2,15-17H2,1H3,(H,25,27)(H,26,28). The Balaban J connectivity index is 1.62. The Hall–Kier alpha value is -3.38. The molecule has 6 nitrogen and oxygen atoms in total. The van der Waals surface area contributed by atoms with Gasteiger partial charge in [-0.2, -0.15) is 0 Å². The number of benzene rings is 2. The molecule has 0 spiro atoms. The quantitative estimate of drug-likeness (QED) is 0.540. The molecule has 0 radical (unpaired) electrons. The number of carbonyl (C=O) groups is 2. The maximum absolute atomic E-state index is 12.9. The lowest BCUT2D eigenvalue weighted by Crippen LogP contribution is -2.47. The van der Waals surface area contributed by atoms with E-state index in [9.17, 15) is 9.59 Å². The lowest BCUT2D eigenvalue weighted by atomic mass is 10.0. The molecule has 0 saturated heterocycles. The zero-order valence-corrected chi connectivity index (χ0v) is 17.0. The highest BCUT2D eigenvalue weighted by atomic mass is 16.5. The fraction of sp³-hybridized carbons (Fsp3) is 0.250. The van der Waals surface area contributed by atoms with Gasteiger partial charge in [-0.1, -0.05) is 54.6 Å². The summed E-state index contributed by atoms with van der Waals surface area (Å²) in [6.07, 6.45) is 1.81. The summed E-state index contributed by atoms with van der Waals surface area (Å²) in [5.41, 5.74) is 3.01. The van der Waals surface area contributed by atoms with E-state index in [1.807, 2.05) is 61.5 Å². The highest BCUT2D eigenvalue weighted by Crippen LogP contribution is 2.08. The number of amides is 2. The highest BCUT2D eigenvalue weighted by Gasteiger charge is 2.22. The summed E-state index contributed by atoms with van der Waals surface area (Å²) in [6, 6.07) is 19.9. The molecule has 6 heteroatoms. The van der Waals surface area contributed by atoms with Crippen LogP contribution in [0.3, 0.4) is 0 Å². The molecular formula is C24H26N2O4. The van der Waals surface area contributed by atoms with Crippen LogP contribution in [0, 0.1) is 0 Å². The molecule has 1 heterocycles. The minimum absolute atomic E-state index is 0.172. The fourth-order valence-corrected chi connectivity index (χ4v) is 2.98. The van der Waals surface area contributed by atoms with Gasteiger partial charge in [0, 0.05) is 19.6 Å². The van der Waals surface area contributed by atoms with E-state index >= 15 is 0 Å². The van der Waals surface area contributed by atoms with Crippen molar-refractivity contribution in [1.29, 1.82) is 0 Å². The Morgan fingerprint density at radius 2 is 1.67 bits per heavy atom. The Labute approximate surface area is 176 Å². The van der Waals surface area contributed by atoms with Crippen molar-refractivity contribution in [2.24, 2.45) is 0 Å². The van der Waals surface area contributed by atoms with E-state index in [0.29, 0.717) is 26.2 Å². The lowest BCUT2D eigenvalue weighted by molar-refractivity contribution is -0.123. The Bertz CT molecular complexity index is 922. The minimum Gasteiger partial charge on any atom is -0.459 e. The van der Waals surface area contributed by atoms with Crippen molar-refractivity contribution in [3.63, 3.8) is 0 Å². The fourth-order valence-electron chi connectivity index (χ4n) is 2.98. The molecule has 1 atom stereocenters. The molecule has 2 amide bonds. The van der Waals surface area contributed by atoms with Crippen molar-refractivity contribution in [3.05, 3.63) is 95.4 Å². The van der Waals surface area contributed by atoms with Gasteiger partial charge in [-0.05, 0) is 35.7 Å². The van der Waals surface area contributed by atoms with E-state index in [0.717, 1.165) is 16.7 Å². The molecule has 1 aromatic heterocycles. The molecule has 30 heavy (non-hydrogen) atoms. The van der Waals surface area contributed by atoms with Gasteiger partial charge in [-0.3, -0.25) is 9.59 Å². The monoisotopic (exact) mass is 406 g/mol. The van der Waals surface area contributed by atoms with Gasteiger partial charge < -0.3 is 19.8 Å². The maximum Gasteiger partial charge on any atom is 0.287 e. The van der Waals surface area contributed by atoms with E-state index in [2.05, 4.69) is 10.6 Å². The van der Waals surface area contributed by atoms with Crippen LogP contribution in [-0.2, 0) is 29.1 Å². The van der Waals surface area contributed by atoms with Crippen LogP contribution in [0.25, 0.3) is 0 Å². The van der Waals surface area contributed by atoms with E-state index in [-0.39, 0.29) is 11.7 Å². The second-order valence-electron chi connectivity index (χ2n) is 6.86. The van der Waals surface area contributed by atoms with Crippen LogP contribution < -0.4 is 10.6 Å². The summed E-state index contributed by atoms with van der Waals surface area (Å²) in [5.74, 6) is -0.501. The average Bonchev–Trinajstić information content (AvgIpc) is 3.32. The molecule has 2 aromatic carbocycles. The summed E-state index contributed by atoms with van der Waals surface area (Å²) in [7, 11) is 0. The number of hydrogen-bond acceptors (Lipinski definition) is 4. The first-order chi connectivity index (χ1) is 14.7. The van der Waals surface area contributed by atoms with Gasteiger partial charge in [0.1, 0.15) is 6.04 Å². The predicted octanol–water partition coefficient (Wildman–Crippen LogP) is 3.47. The molecule has 2 N–H and O–H groups in total. The van der Waals surface area contributed by atoms with Crippen LogP contribution in [0.2, 0.25) is 0 Å². The Morgan fingerprint density at radius 1 is 0.933 bits per heavy atom. The van der Waals surface area contributed by atoms with E-state index < -0.39 is 11.9 Å². The molecular weight excluding hydrogens is 380 g/mol. The molecule has 0 aliphatic rings. The van der Waals surface area contributed by atoms with Crippen LogP contribution in [0.15, 0.2) is 77.4 Å². The first-order valence-electron chi connectivity index (χ1n) is 9.97. The normalized spacial score (nSPS) is 11.6. The third-order valence-electron chi connectivity index (χ3n) is 4.61. The van der Waals surface area contributed by atoms with Crippen LogP contribution in [0.4, 0.5) is 0 Å². The lowest BCUT2D eigenvalue weighted by Gasteiger charge is -2.18. The summed E-state index contributed by atoms with van der Waals surface area (Å²) in [6.45, 7) is 3.57. The minimum atomic E-state index is -0.720. The molecule has 156 valence electrons. The zero-order chi connectivity index (χ0) is 21.2. The number of rotatable bonds is 10. The summed E-state index contributed by atoms with van der Waals surface area (Å²) in [4.78, 5) is 25.3. The topological polar surface area (TPSA) is 80.6 Å². The maximum atomic E-state index is 12.9.